The van der Waals surface area contributed by atoms with Gasteiger partial charge in [0.2, 0.25) is 5.95 Å². The number of aromatic nitrogens is 3. The lowest BCUT2D eigenvalue weighted by atomic mass is 10.0. The normalized spacial score (nSPS) is 10.7. The highest BCUT2D eigenvalue weighted by atomic mass is 32.1. The molecule has 0 spiro atoms. The van der Waals surface area contributed by atoms with E-state index >= 15 is 0 Å². The van der Waals surface area contributed by atoms with Crippen molar-refractivity contribution >= 4 is 23.0 Å². The Balaban J connectivity index is 1.52. The van der Waals surface area contributed by atoms with E-state index in [2.05, 4.69) is 26.7 Å². The fraction of sp³-hybridized carbons (Fsp3) is 0.231. The molecule has 0 unspecified atom stereocenters. The molecule has 0 amide bonds. The van der Waals surface area contributed by atoms with Crippen molar-refractivity contribution in [2.45, 2.75) is 13.3 Å². The molecular weight excluding hydrogens is 460 g/mol. The predicted molar refractivity (Wildman–Crippen MR) is 138 cm³/mol. The second-order valence-electron chi connectivity index (χ2n) is 7.68. The summed E-state index contributed by atoms with van der Waals surface area (Å²) < 4.78 is 5.83. The number of hydrogen-bond donors (Lipinski definition) is 3. The van der Waals surface area contributed by atoms with Crippen LogP contribution in [0.25, 0.3) is 21.7 Å². The summed E-state index contributed by atoms with van der Waals surface area (Å²) in [5, 5.41) is 25.0. The molecule has 0 bridgehead atoms. The van der Waals surface area contributed by atoms with Crippen LogP contribution in [0.4, 0.5) is 11.6 Å². The van der Waals surface area contributed by atoms with Crippen LogP contribution in [0.1, 0.15) is 16.9 Å². The van der Waals surface area contributed by atoms with E-state index < -0.39 is 0 Å². The maximum Gasteiger partial charge on any atom is 0.227 e. The molecule has 0 fully saturated rings. The number of thiophene rings is 1. The van der Waals surface area contributed by atoms with E-state index in [1.165, 1.54) is 11.3 Å². The van der Waals surface area contributed by atoms with Gasteiger partial charge in [-0.15, -0.1) is 11.3 Å². The summed E-state index contributed by atoms with van der Waals surface area (Å²) in [5.74, 6) is 1.20. The highest BCUT2D eigenvalue weighted by Gasteiger charge is 2.20. The van der Waals surface area contributed by atoms with Crippen LogP contribution in [0, 0.1) is 18.3 Å². The maximum atomic E-state index is 9.78. The first-order valence-electron chi connectivity index (χ1n) is 11.3. The van der Waals surface area contributed by atoms with Gasteiger partial charge in [0.15, 0.2) is 0 Å². The highest BCUT2D eigenvalue weighted by molar-refractivity contribution is 7.16. The van der Waals surface area contributed by atoms with Crippen molar-refractivity contribution in [3.8, 4) is 33.5 Å². The fourth-order valence-electron chi connectivity index (χ4n) is 3.58. The van der Waals surface area contributed by atoms with E-state index in [9.17, 15) is 5.26 Å². The molecular formula is C26H26N6O2S. The van der Waals surface area contributed by atoms with Crippen molar-refractivity contribution in [1.82, 2.24) is 20.3 Å². The van der Waals surface area contributed by atoms with Crippen molar-refractivity contribution in [3.05, 3.63) is 71.5 Å². The molecule has 0 aliphatic rings. The minimum absolute atomic E-state index is 0.133. The zero-order valence-corrected chi connectivity index (χ0v) is 20.2. The molecule has 9 heteroatoms. The number of pyridine rings is 1. The average Bonchev–Trinajstić information content (AvgIpc) is 3.23. The Labute approximate surface area is 208 Å². The Kier molecular flexibility index (Phi) is 8.35. The molecule has 3 N–H and O–H groups in total. The first-order valence-corrected chi connectivity index (χ1v) is 12.1. The van der Waals surface area contributed by atoms with Crippen molar-refractivity contribution in [1.29, 1.82) is 5.26 Å². The van der Waals surface area contributed by atoms with Crippen LogP contribution < -0.4 is 15.4 Å². The molecule has 0 radical (unpaired) electrons. The molecule has 1 aromatic carbocycles. The number of aliphatic hydroxyl groups is 1. The molecule has 8 nitrogen and oxygen atoms in total. The van der Waals surface area contributed by atoms with Crippen LogP contribution in [-0.2, 0) is 0 Å². The number of nitriles is 1. The van der Waals surface area contributed by atoms with Gasteiger partial charge < -0.3 is 20.5 Å². The van der Waals surface area contributed by atoms with Gasteiger partial charge in [-0.25, -0.2) is 9.97 Å². The predicted octanol–water partition coefficient (Wildman–Crippen LogP) is 4.54. The van der Waals surface area contributed by atoms with Gasteiger partial charge in [0, 0.05) is 52.9 Å². The number of nitrogens with one attached hydrogen (secondary N) is 2. The summed E-state index contributed by atoms with van der Waals surface area (Å²) in [5.41, 5.74) is 3.91. The molecule has 0 aliphatic heterocycles. The summed E-state index contributed by atoms with van der Waals surface area (Å²) in [7, 11) is 0. The lowest BCUT2D eigenvalue weighted by molar-refractivity contribution is 0.282. The molecule has 3 aromatic heterocycles. The topological polar surface area (TPSA) is 116 Å². The first kappa shape index (κ1) is 24.3. The van der Waals surface area contributed by atoms with E-state index in [0.717, 1.165) is 51.0 Å². The van der Waals surface area contributed by atoms with Crippen LogP contribution in [0.2, 0.25) is 0 Å². The van der Waals surface area contributed by atoms with Crippen LogP contribution in [0.5, 0.6) is 5.75 Å². The minimum Gasteiger partial charge on any atom is -0.493 e. The number of hydrogen-bond acceptors (Lipinski definition) is 9. The summed E-state index contributed by atoms with van der Waals surface area (Å²) in [6.07, 6.45) is 6.03. The van der Waals surface area contributed by atoms with Crippen molar-refractivity contribution < 1.29 is 9.84 Å². The van der Waals surface area contributed by atoms with Crippen LogP contribution in [0.3, 0.4) is 0 Å². The van der Waals surface area contributed by atoms with E-state index in [1.54, 1.807) is 18.6 Å². The number of anilines is 2. The second kappa shape index (κ2) is 12.0. The summed E-state index contributed by atoms with van der Waals surface area (Å²) in [4.78, 5) is 15.2. The monoisotopic (exact) mass is 486 g/mol. The maximum absolute atomic E-state index is 9.78. The van der Waals surface area contributed by atoms with Crippen molar-refractivity contribution in [2.24, 2.45) is 0 Å². The number of aryl methyl sites for hydroxylation is 1. The molecule has 35 heavy (non-hydrogen) atoms. The summed E-state index contributed by atoms with van der Waals surface area (Å²) in [6, 6.07) is 15.6. The van der Waals surface area contributed by atoms with Gasteiger partial charge in [-0.3, -0.25) is 4.98 Å². The quantitative estimate of drug-likeness (QED) is 0.265. The largest absolute Gasteiger partial charge is 0.493 e. The SMILES string of the molecule is Cc1sc(-c2ccnc(Nc3cccc(OCCCNCCO)c3)n2)c(-c2cccnc2)c1C#N. The first-order chi connectivity index (χ1) is 17.2. The molecule has 3 heterocycles. The lowest BCUT2D eigenvalue weighted by Gasteiger charge is -2.10. The smallest absolute Gasteiger partial charge is 0.227 e. The molecule has 0 saturated carbocycles. The van der Waals surface area contributed by atoms with Gasteiger partial charge in [0.25, 0.3) is 0 Å². The zero-order chi connectivity index (χ0) is 24.5. The van der Waals surface area contributed by atoms with Crippen LogP contribution in [-0.4, -0.2) is 46.4 Å². The van der Waals surface area contributed by atoms with Gasteiger partial charge in [-0.1, -0.05) is 12.1 Å². The average molecular weight is 487 g/mol. The number of benzene rings is 1. The highest BCUT2D eigenvalue weighted by Crippen LogP contribution is 2.41. The molecule has 178 valence electrons. The van der Waals surface area contributed by atoms with Gasteiger partial charge in [0.1, 0.15) is 11.8 Å². The van der Waals surface area contributed by atoms with Crippen LogP contribution >= 0.6 is 11.3 Å². The van der Waals surface area contributed by atoms with Crippen LogP contribution in [0.15, 0.2) is 61.1 Å². The van der Waals surface area contributed by atoms with E-state index in [4.69, 9.17) is 14.8 Å². The van der Waals surface area contributed by atoms with Gasteiger partial charge in [-0.05, 0) is 44.2 Å². The van der Waals surface area contributed by atoms with E-state index in [1.807, 2.05) is 49.4 Å². The molecule has 0 saturated heterocycles. The van der Waals surface area contributed by atoms with Crippen molar-refractivity contribution in [3.63, 3.8) is 0 Å². The number of rotatable bonds is 11. The Bertz CT molecular complexity index is 1300. The molecule has 4 rings (SSSR count). The third-order valence-electron chi connectivity index (χ3n) is 5.18. The minimum atomic E-state index is 0.133. The fourth-order valence-corrected chi connectivity index (χ4v) is 4.67. The standard InChI is InChI=1S/C26H26N6O2S/c1-18-22(16-27)24(19-5-3-9-29-17-19)25(35-18)23-8-11-30-26(32-23)31-20-6-2-7-21(15-20)34-14-4-10-28-12-13-33/h2-3,5-9,11,15,17,28,33H,4,10,12-14H2,1H3,(H,30,31,32). The van der Waals surface area contributed by atoms with E-state index in [-0.39, 0.29) is 6.61 Å². The Hall–Kier alpha value is -3.84. The van der Waals surface area contributed by atoms with Gasteiger partial charge in [-0.2, -0.15) is 5.26 Å². The Morgan fingerprint density at radius 2 is 2.06 bits per heavy atom. The molecule has 4 aromatic rings. The third kappa shape index (κ3) is 6.19. The second-order valence-corrected chi connectivity index (χ2v) is 8.91. The Morgan fingerprint density at radius 3 is 2.86 bits per heavy atom. The van der Waals surface area contributed by atoms with Crippen molar-refractivity contribution in [2.75, 3.05) is 31.6 Å². The number of ether oxygens (including phenoxy) is 1. The summed E-state index contributed by atoms with van der Waals surface area (Å²) >= 11 is 1.54. The third-order valence-corrected chi connectivity index (χ3v) is 6.31. The molecule has 0 aliphatic carbocycles. The number of aliphatic hydroxyl groups excluding tert-OH is 1. The van der Waals surface area contributed by atoms with Gasteiger partial charge >= 0.3 is 0 Å². The van der Waals surface area contributed by atoms with E-state index in [0.29, 0.717) is 24.7 Å². The van der Waals surface area contributed by atoms with Gasteiger partial charge in [0.05, 0.1) is 29.3 Å². The number of nitrogens with zero attached hydrogens (tertiary/aromatic N) is 4. The zero-order valence-electron chi connectivity index (χ0n) is 19.4. The lowest BCUT2D eigenvalue weighted by Crippen LogP contribution is -2.20. The molecule has 0 atom stereocenters. The Morgan fingerprint density at radius 1 is 1.14 bits per heavy atom. The summed E-state index contributed by atoms with van der Waals surface area (Å²) in [6.45, 7) is 4.03.